The minimum absolute atomic E-state index is 0.00457. The molecule has 320 valence electrons. The fraction of sp³-hybridized carbons (Fsp3) is 0.889. The Morgan fingerprint density at radius 2 is 1.04 bits per heavy atom. The summed E-state index contributed by atoms with van der Waals surface area (Å²) < 4.78 is 23.1. The molecule has 0 fully saturated rings. The van der Waals surface area contributed by atoms with Gasteiger partial charge in [-0.25, -0.2) is 0 Å². The van der Waals surface area contributed by atoms with E-state index in [4.69, 9.17) is 9.05 Å². The molecule has 0 heterocycles. The van der Waals surface area contributed by atoms with E-state index in [1.807, 2.05) is 27.2 Å². The molecule has 0 rings (SSSR count). The Labute approximate surface area is 334 Å². The quantitative estimate of drug-likeness (QED) is 0.0277. The summed E-state index contributed by atoms with van der Waals surface area (Å²) in [7, 11) is 1.25. The smallest absolute Gasteiger partial charge is 0.268 e. The molecule has 0 aliphatic rings. The van der Waals surface area contributed by atoms with Crippen LogP contribution < -0.4 is 10.2 Å². The maximum atomic E-state index is 12.8. The second-order valence-corrected chi connectivity index (χ2v) is 18.2. The molecule has 0 saturated carbocycles. The van der Waals surface area contributed by atoms with Crippen molar-refractivity contribution in [2.24, 2.45) is 0 Å². The topological polar surface area (TPSA) is 108 Å². The molecule has 0 spiro atoms. The van der Waals surface area contributed by atoms with E-state index in [-0.39, 0.29) is 19.1 Å². The number of nitrogens with one attached hydrogen (secondary N) is 1. The summed E-state index contributed by atoms with van der Waals surface area (Å²) in [5.74, 6) is -0.207. The summed E-state index contributed by atoms with van der Waals surface area (Å²) in [6.45, 7) is 4.60. The maximum Gasteiger partial charge on any atom is 0.268 e. The third-order valence-electron chi connectivity index (χ3n) is 10.2. The van der Waals surface area contributed by atoms with Crippen molar-refractivity contribution in [2.75, 3.05) is 40.9 Å². The van der Waals surface area contributed by atoms with E-state index in [2.05, 4.69) is 31.3 Å². The fourth-order valence-electron chi connectivity index (χ4n) is 6.52. The molecule has 0 radical (unpaired) electrons. The number of carbonyl (C=O) groups is 1. The lowest BCUT2D eigenvalue weighted by Gasteiger charge is -2.29. The molecule has 0 bridgehead atoms. The van der Waals surface area contributed by atoms with Gasteiger partial charge < -0.3 is 28.8 Å². The van der Waals surface area contributed by atoms with Gasteiger partial charge in [0.1, 0.15) is 13.2 Å². The summed E-state index contributed by atoms with van der Waals surface area (Å²) >= 11 is 0. The zero-order valence-electron chi connectivity index (χ0n) is 36.2. The van der Waals surface area contributed by atoms with Crippen molar-refractivity contribution in [3.05, 3.63) is 24.3 Å². The number of carbonyl (C=O) groups excluding carboxylic acids is 1. The molecule has 0 aromatic rings. The Hall–Kier alpha value is -1.02. The first-order chi connectivity index (χ1) is 26.0. The van der Waals surface area contributed by atoms with Crippen LogP contribution in [-0.4, -0.2) is 68.5 Å². The lowest BCUT2D eigenvalue weighted by molar-refractivity contribution is -0.870. The number of unbranched alkanes of at least 4 members (excludes halogenated alkanes) is 26. The number of aliphatic hydroxyl groups excluding tert-OH is 1. The van der Waals surface area contributed by atoms with Gasteiger partial charge in [-0.1, -0.05) is 192 Å². The third-order valence-corrected chi connectivity index (χ3v) is 11.1. The van der Waals surface area contributed by atoms with E-state index in [9.17, 15) is 19.4 Å². The Morgan fingerprint density at radius 3 is 1.50 bits per heavy atom. The lowest BCUT2D eigenvalue weighted by Crippen LogP contribution is -2.45. The molecule has 2 N–H and O–H groups in total. The van der Waals surface area contributed by atoms with E-state index in [0.29, 0.717) is 17.4 Å². The molecule has 8 nitrogen and oxygen atoms in total. The summed E-state index contributed by atoms with van der Waals surface area (Å²) in [5.41, 5.74) is 0. The molecule has 54 heavy (non-hydrogen) atoms. The molecule has 3 unspecified atom stereocenters. The number of aliphatic hydroxyl groups is 1. The molecule has 0 aliphatic heterocycles. The Balaban J connectivity index is 4.23. The SMILES string of the molecule is CCCCCC/C=C/CC/C=C/C(O)C(COP(=O)([O-])OCC[N+](C)(C)C)NC(=O)CCCCCCCCCCCCCCCCCCCCCCCC. The van der Waals surface area contributed by atoms with Crippen molar-refractivity contribution >= 4 is 13.7 Å². The number of amides is 1. The number of phosphoric acid groups is 1. The van der Waals surface area contributed by atoms with Gasteiger partial charge in [-0.2, -0.15) is 0 Å². The second-order valence-electron chi connectivity index (χ2n) is 16.8. The normalized spacial score (nSPS) is 14.6. The van der Waals surface area contributed by atoms with E-state index < -0.39 is 20.0 Å². The van der Waals surface area contributed by atoms with Crippen LogP contribution >= 0.6 is 7.82 Å². The number of hydrogen-bond acceptors (Lipinski definition) is 6. The average molecular weight is 785 g/mol. The number of quaternary nitrogens is 1. The number of allylic oxidation sites excluding steroid dienone is 3. The highest BCUT2D eigenvalue weighted by atomic mass is 31.2. The van der Waals surface area contributed by atoms with Gasteiger partial charge in [0, 0.05) is 6.42 Å². The monoisotopic (exact) mass is 785 g/mol. The van der Waals surface area contributed by atoms with Gasteiger partial charge in [-0.3, -0.25) is 9.36 Å². The molecule has 0 aliphatic carbocycles. The predicted octanol–water partition coefficient (Wildman–Crippen LogP) is 11.9. The molecule has 0 aromatic heterocycles. The van der Waals surface area contributed by atoms with Crippen LogP contribution in [0.1, 0.15) is 206 Å². The van der Waals surface area contributed by atoms with Gasteiger partial charge in [0.25, 0.3) is 7.82 Å². The van der Waals surface area contributed by atoms with Crippen LogP contribution in [0.15, 0.2) is 24.3 Å². The first-order valence-electron chi connectivity index (χ1n) is 22.7. The number of likely N-dealkylation sites (N-methyl/N-ethyl adjacent to an activating group) is 1. The largest absolute Gasteiger partial charge is 0.756 e. The minimum Gasteiger partial charge on any atom is -0.756 e. The second kappa shape index (κ2) is 37.6. The van der Waals surface area contributed by atoms with Gasteiger partial charge in [-0.15, -0.1) is 0 Å². The number of rotatable bonds is 41. The zero-order valence-corrected chi connectivity index (χ0v) is 37.1. The van der Waals surface area contributed by atoms with Crippen molar-refractivity contribution in [1.29, 1.82) is 0 Å². The van der Waals surface area contributed by atoms with Crippen molar-refractivity contribution in [2.45, 2.75) is 219 Å². The van der Waals surface area contributed by atoms with E-state index >= 15 is 0 Å². The van der Waals surface area contributed by atoms with E-state index in [0.717, 1.165) is 38.5 Å². The standard InChI is InChI=1S/C45H89N2O6P/c1-6-8-10-12-14-16-18-19-20-21-22-23-24-25-26-27-28-29-31-33-35-37-39-45(49)46-43(42-53-54(50,51)52-41-40-47(3,4)5)44(48)38-36-34-32-30-17-15-13-11-9-7-2/h17,30,36,38,43-44,48H,6-16,18-29,31-35,37,39-42H2,1-5H3,(H-,46,49,50,51)/b30-17+,38-36+. The lowest BCUT2D eigenvalue weighted by atomic mass is 10.0. The molecule has 0 saturated heterocycles. The molecule has 0 aromatic carbocycles. The predicted molar refractivity (Wildman–Crippen MR) is 228 cm³/mol. The molecule has 9 heteroatoms. The van der Waals surface area contributed by atoms with Gasteiger partial charge in [0.2, 0.25) is 5.91 Å². The minimum atomic E-state index is -4.59. The highest BCUT2D eigenvalue weighted by Crippen LogP contribution is 2.38. The molecule has 1 amide bonds. The van der Waals surface area contributed by atoms with E-state index in [1.54, 1.807) is 6.08 Å². The average Bonchev–Trinajstić information content (AvgIpc) is 3.12. The number of nitrogens with zero attached hydrogens (tertiary/aromatic N) is 1. The third kappa shape index (κ3) is 39.2. The molecular formula is C45H89N2O6P. The van der Waals surface area contributed by atoms with Crippen LogP contribution in [-0.2, 0) is 18.4 Å². The van der Waals surface area contributed by atoms with Crippen LogP contribution in [0.25, 0.3) is 0 Å². The Bertz CT molecular complexity index is 938. The highest BCUT2D eigenvalue weighted by Gasteiger charge is 2.23. The summed E-state index contributed by atoms with van der Waals surface area (Å²) in [5, 5.41) is 13.7. The van der Waals surface area contributed by atoms with Crippen LogP contribution in [0.3, 0.4) is 0 Å². The first kappa shape index (κ1) is 53.0. The number of hydrogen-bond donors (Lipinski definition) is 2. The zero-order chi connectivity index (χ0) is 40.0. The van der Waals surface area contributed by atoms with Crippen LogP contribution in [0.4, 0.5) is 0 Å². The maximum absolute atomic E-state index is 12.8. The summed E-state index contributed by atoms with van der Waals surface area (Å²) in [6.07, 6.45) is 43.8. The molecular weight excluding hydrogens is 695 g/mol. The first-order valence-corrected chi connectivity index (χ1v) is 24.2. The van der Waals surface area contributed by atoms with Crippen LogP contribution in [0.2, 0.25) is 0 Å². The van der Waals surface area contributed by atoms with Crippen molar-refractivity contribution in [3.8, 4) is 0 Å². The number of phosphoric ester groups is 1. The van der Waals surface area contributed by atoms with E-state index in [1.165, 1.54) is 148 Å². The van der Waals surface area contributed by atoms with Crippen molar-refractivity contribution < 1.29 is 32.9 Å². The van der Waals surface area contributed by atoms with Crippen LogP contribution in [0, 0.1) is 0 Å². The van der Waals surface area contributed by atoms with Crippen molar-refractivity contribution in [1.82, 2.24) is 5.32 Å². The Kier molecular flexibility index (Phi) is 36.8. The van der Waals surface area contributed by atoms with Crippen molar-refractivity contribution in [3.63, 3.8) is 0 Å². The van der Waals surface area contributed by atoms with Gasteiger partial charge in [-0.05, 0) is 32.1 Å². The van der Waals surface area contributed by atoms with Crippen LogP contribution in [0.5, 0.6) is 0 Å². The van der Waals surface area contributed by atoms with Gasteiger partial charge >= 0.3 is 0 Å². The van der Waals surface area contributed by atoms with Gasteiger partial charge in [0.15, 0.2) is 0 Å². The summed E-state index contributed by atoms with van der Waals surface area (Å²) in [4.78, 5) is 25.2. The highest BCUT2D eigenvalue weighted by molar-refractivity contribution is 7.45. The molecule has 3 atom stereocenters. The van der Waals surface area contributed by atoms with Gasteiger partial charge in [0.05, 0.1) is 39.9 Å². The summed E-state index contributed by atoms with van der Waals surface area (Å²) in [6, 6.07) is -0.896. The fourth-order valence-corrected chi connectivity index (χ4v) is 7.24. The Morgan fingerprint density at radius 1 is 0.630 bits per heavy atom.